The Labute approximate surface area is 50.2 Å². The molecule has 0 aliphatic rings. The Morgan fingerprint density at radius 2 is 2.38 bits per heavy atom. The van der Waals surface area contributed by atoms with E-state index in [1.807, 2.05) is 7.05 Å². The summed E-state index contributed by atoms with van der Waals surface area (Å²) < 4.78 is 4.95. The number of hydrogen-bond acceptors (Lipinski definition) is 3. The van der Waals surface area contributed by atoms with Gasteiger partial charge in [0.25, 0.3) is 0 Å². The summed E-state index contributed by atoms with van der Waals surface area (Å²) in [6.07, 6.45) is 0.167. The molecule has 0 aliphatic heterocycles. The molecule has 0 aromatic heterocycles. The minimum atomic E-state index is 0.167. The van der Waals surface area contributed by atoms with Crippen molar-refractivity contribution in [2.45, 2.75) is 6.10 Å². The highest BCUT2D eigenvalue weighted by Gasteiger charge is 1.99. The lowest BCUT2D eigenvalue weighted by Gasteiger charge is -2.10. The van der Waals surface area contributed by atoms with E-state index in [1.165, 1.54) is 0 Å². The molecule has 0 saturated heterocycles. The molecule has 3 heteroatoms. The first-order chi connectivity index (χ1) is 3.85. The van der Waals surface area contributed by atoms with Gasteiger partial charge < -0.3 is 15.8 Å². The summed E-state index contributed by atoms with van der Waals surface area (Å²) >= 11 is 0. The van der Waals surface area contributed by atoms with E-state index in [0.717, 1.165) is 6.54 Å². The van der Waals surface area contributed by atoms with E-state index < -0.39 is 0 Å². The van der Waals surface area contributed by atoms with Crippen molar-refractivity contribution in [3.05, 3.63) is 0 Å². The number of nitrogens with two attached hydrogens (primary N) is 1. The fraction of sp³-hybridized carbons (Fsp3) is 1.00. The molecule has 1 atom stereocenters. The number of hydrogen-bond donors (Lipinski definition) is 2. The molecule has 0 aromatic rings. The lowest BCUT2D eigenvalue weighted by atomic mass is 10.3. The molecule has 50 valence electrons. The van der Waals surface area contributed by atoms with Crippen LogP contribution in [0.4, 0.5) is 0 Å². The molecule has 3 nitrogen and oxygen atoms in total. The number of ether oxygens (including phenoxy) is 1. The SMILES string of the molecule is CNCC(CN)OC. The lowest BCUT2D eigenvalue weighted by molar-refractivity contribution is 0.110. The van der Waals surface area contributed by atoms with Gasteiger partial charge in [0.1, 0.15) is 0 Å². The van der Waals surface area contributed by atoms with Gasteiger partial charge in [0.2, 0.25) is 0 Å². The Balaban J connectivity index is 3.07. The monoisotopic (exact) mass is 118 g/mol. The summed E-state index contributed by atoms with van der Waals surface area (Å²) in [7, 11) is 3.54. The zero-order chi connectivity index (χ0) is 6.41. The van der Waals surface area contributed by atoms with Gasteiger partial charge in [0.15, 0.2) is 0 Å². The third-order valence-corrected chi connectivity index (χ3v) is 1.03. The van der Waals surface area contributed by atoms with Crippen molar-refractivity contribution in [1.82, 2.24) is 5.32 Å². The molecule has 0 saturated carbocycles. The first kappa shape index (κ1) is 7.88. The Hall–Kier alpha value is -0.120. The minimum absolute atomic E-state index is 0.167. The Bertz CT molecular complexity index is 45.7. The Morgan fingerprint density at radius 3 is 2.50 bits per heavy atom. The van der Waals surface area contributed by atoms with Crippen LogP contribution in [0.1, 0.15) is 0 Å². The predicted octanol–water partition coefficient (Wildman–Crippen LogP) is -0.820. The largest absolute Gasteiger partial charge is 0.379 e. The van der Waals surface area contributed by atoms with Gasteiger partial charge in [-0.3, -0.25) is 0 Å². The van der Waals surface area contributed by atoms with Gasteiger partial charge in [0, 0.05) is 20.2 Å². The van der Waals surface area contributed by atoms with E-state index in [9.17, 15) is 0 Å². The summed E-state index contributed by atoms with van der Waals surface area (Å²) in [6.45, 7) is 1.41. The van der Waals surface area contributed by atoms with Crippen LogP contribution in [-0.2, 0) is 4.74 Å². The van der Waals surface area contributed by atoms with Crippen LogP contribution in [0.3, 0.4) is 0 Å². The van der Waals surface area contributed by atoms with Crippen LogP contribution in [0, 0.1) is 0 Å². The average molecular weight is 118 g/mol. The maximum Gasteiger partial charge on any atom is 0.0817 e. The molecule has 0 heterocycles. The maximum absolute atomic E-state index is 5.30. The van der Waals surface area contributed by atoms with Gasteiger partial charge >= 0.3 is 0 Å². The third-order valence-electron chi connectivity index (χ3n) is 1.03. The predicted molar refractivity (Wildman–Crippen MR) is 33.8 cm³/mol. The molecular weight excluding hydrogens is 104 g/mol. The van der Waals surface area contributed by atoms with Crippen LogP contribution in [0.2, 0.25) is 0 Å². The van der Waals surface area contributed by atoms with Crippen molar-refractivity contribution in [3.63, 3.8) is 0 Å². The standard InChI is InChI=1S/C5H14N2O/c1-7-4-5(3-6)8-2/h5,7H,3-4,6H2,1-2H3. The van der Waals surface area contributed by atoms with Crippen LogP contribution in [0.15, 0.2) is 0 Å². The first-order valence-corrected chi connectivity index (χ1v) is 2.72. The average Bonchev–Trinajstić information content (AvgIpc) is 1.83. The molecule has 0 bridgehead atoms. The number of likely N-dealkylation sites (N-methyl/N-ethyl adjacent to an activating group) is 1. The second kappa shape index (κ2) is 5.03. The second-order valence-corrected chi connectivity index (χ2v) is 1.65. The molecule has 0 spiro atoms. The summed E-state index contributed by atoms with van der Waals surface area (Å²) in [5.74, 6) is 0. The number of methoxy groups -OCH3 is 1. The molecule has 1 unspecified atom stereocenters. The highest BCUT2D eigenvalue weighted by molar-refractivity contribution is 4.58. The van der Waals surface area contributed by atoms with E-state index in [0.29, 0.717) is 6.54 Å². The molecule has 0 fully saturated rings. The zero-order valence-electron chi connectivity index (χ0n) is 5.48. The number of nitrogens with one attached hydrogen (secondary N) is 1. The van der Waals surface area contributed by atoms with E-state index in [2.05, 4.69) is 5.32 Å². The van der Waals surface area contributed by atoms with Crippen LogP contribution < -0.4 is 11.1 Å². The van der Waals surface area contributed by atoms with Crippen LogP contribution in [0.5, 0.6) is 0 Å². The van der Waals surface area contributed by atoms with E-state index in [4.69, 9.17) is 10.5 Å². The summed E-state index contributed by atoms with van der Waals surface area (Å²) in [5, 5.41) is 2.96. The van der Waals surface area contributed by atoms with Gasteiger partial charge in [-0.2, -0.15) is 0 Å². The van der Waals surface area contributed by atoms with Crippen LogP contribution >= 0.6 is 0 Å². The second-order valence-electron chi connectivity index (χ2n) is 1.65. The van der Waals surface area contributed by atoms with Gasteiger partial charge in [-0.15, -0.1) is 0 Å². The Kier molecular flexibility index (Phi) is 4.95. The molecule has 3 N–H and O–H groups in total. The molecule has 0 amide bonds. The van der Waals surface area contributed by atoms with Crippen molar-refractivity contribution >= 4 is 0 Å². The van der Waals surface area contributed by atoms with Crippen molar-refractivity contribution < 1.29 is 4.74 Å². The highest BCUT2D eigenvalue weighted by Crippen LogP contribution is 1.80. The van der Waals surface area contributed by atoms with Crippen molar-refractivity contribution in [3.8, 4) is 0 Å². The van der Waals surface area contributed by atoms with Gasteiger partial charge in [-0.05, 0) is 7.05 Å². The zero-order valence-corrected chi connectivity index (χ0v) is 5.48. The maximum atomic E-state index is 5.30. The minimum Gasteiger partial charge on any atom is -0.379 e. The van der Waals surface area contributed by atoms with E-state index in [-0.39, 0.29) is 6.10 Å². The summed E-state index contributed by atoms with van der Waals surface area (Å²) in [6, 6.07) is 0. The fourth-order valence-electron chi connectivity index (χ4n) is 0.491. The van der Waals surface area contributed by atoms with Gasteiger partial charge in [0.05, 0.1) is 6.10 Å². The molecule has 0 rings (SSSR count). The van der Waals surface area contributed by atoms with E-state index in [1.54, 1.807) is 7.11 Å². The normalized spacial score (nSPS) is 13.9. The number of rotatable bonds is 4. The fourth-order valence-corrected chi connectivity index (χ4v) is 0.491. The van der Waals surface area contributed by atoms with Crippen LogP contribution in [0.25, 0.3) is 0 Å². The Morgan fingerprint density at radius 1 is 1.75 bits per heavy atom. The lowest BCUT2D eigenvalue weighted by Crippen LogP contribution is -2.32. The van der Waals surface area contributed by atoms with E-state index >= 15 is 0 Å². The topological polar surface area (TPSA) is 47.3 Å². The highest BCUT2D eigenvalue weighted by atomic mass is 16.5. The van der Waals surface area contributed by atoms with Crippen molar-refractivity contribution in [2.24, 2.45) is 5.73 Å². The molecule has 0 radical (unpaired) electrons. The van der Waals surface area contributed by atoms with Crippen molar-refractivity contribution in [2.75, 3.05) is 27.2 Å². The third kappa shape index (κ3) is 2.96. The molecule has 8 heavy (non-hydrogen) atoms. The van der Waals surface area contributed by atoms with Gasteiger partial charge in [-0.25, -0.2) is 0 Å². The smallest absolute Gasteiger partial charge is 0.0817 e. The van der Waals surface area contributed by atoms with Crippen LogP contribution in [-0.4, -0.2) is 33.4 Å². The van der Waals surface area contributed by atoms with Gasteiger partial charge in [-0.1, -0.05) is 0 Å². The first-order valence-electron chi connectivity index (χ1n) is 2.72. The molecule has 0 aliphatic carbocycles. The molecule has 0 aromatic carbocycles. The quantitative estimate of drug-likeness (QED) is 0.507. The summed E-state index contributed by atoms with van der Waals surface area (Å²) in [4.78, 5) is 0. The molecular formula is C5H14N2O. The van der Waals surface area contributed by atoms with Crippen molar-refractivity contribution in [1.29, 1.82) is 0 Å². The summed E-state index contributed by atoms with van der Waals surface area (Å²) in [5.41, 5.74) is 5.30.